The van der Waals surface area contributed by atoms with Crippen molar-refractivity contribution in [3.05, 3.63) is 66.0 Å². The Balaban J connectivity index is 1.96. The first kappa shape index (κ1) is 17.7. The molecule has 1 atom stereocenters. The number of anilines is 1. The second-order valence-electron chi connectivity index (χ2n) is 5.91. The van der Waals surface area contributed by atoms with Crippen molar-refractivity contribution >= 4 is 17.5 Å². The van der Waals surface area contributed by atoms with Crippen molar-refractivity contribution in [3.63, 3.8) is 0 Å². The first-order valence-electron chi connectivity index (χ1n) is 7.85. The van der Waals surface area contributed by atoms with Gasteiger partial charge in [0, 0.05) is 5.69 Å². The van der Waals surface area contributed by atoms with E-state index in [2.05, 4.69) is 10.6 Å². The van der Waals surface area contributed by atoms with Gasteiger partial charge in [-0.15, -0.1) is 0 Å². The van der Waals surface area contributed by atoms with Crippen molar-refractivity contribution in [2.45, 2.75) is 19.8 Å². The Labute approximate surface area is 141 Å². The fourth-order valence-corrected chi connectivity index (χ4v) is 2.51. The number of hydrogen-bond donors (Lipinski definition) is 2. The molecule has 0 spiro atoms. The summed E-state index contributed by atoms with van der Waals surface area (Å²) in [6, 6.07) is 14.9. The van der Waals surface area contributed by atoms with Gasteiger partial charge < -0.3 is 10.6 Å². The van der Waals surface area contributed by atoms with Crippen molar-refractivity contribution in [1.29, 1.82) is 0 Å². The van der Waals surface area contributed by atoms with Gasteiger partial charge in [0.25, 0.3) is 0 Å². The maximum absolute atomic E-state index is 13.1. The van der Waals surface area contributed by atoms with Crippen LogP contribution in [-0.2, 0) is 9.59 Å². The van der Waals surface area contributed by atoms with Gasteiger partial charge in [0.05, 0.1) is 12.5 Å². The zero-order valence-electron chi connectivity index (χ0n) is 13.8. The van der Waals surface area contributed by atoms with Crippen LogP contribution in [0.25, 0.3) is 0 Å². The van der Waals surface area contributed by atoms with Gasteiger partial charge in [-0.3, -0.25) is 9.59 Å². The average molecular weight is 328 g/mol. The number of hydrogen-bond acceptors (Lipinski definition) is 2. The molecule has 2 aromatic rings. The van der Waals surface area contributed by atoms with Crippen LogP contribution in [0.2, 0.25) is 0 Å². The van der Waals surface area contributed by atoms with E-state index >= 15 is 0 Å². The normalized spacial score (nSPS) is 11.8. The summed E-state index contributed by atoms with van der Waals surface area (Å²) in [5, 5.41) is 5.36. The van der Waals surface area contributed by atoms with E-state index < -0.39 is 5.92 Å². The lowest BCUT2D eigenvalue weighted by atomic mass is 9.87. The van der Waals surface area contributed by atoms with Crippen LogP contribution in [0.1, 0.15) is 25.3 Å². The Hall–Kier alpha value is -2.69. The molecule has 0 heterocycles. The molecule has 0 radical (unpaired) electrons. The van der Waals surface area contributed by atoms with Crippen molar-refractivity contribution in [2.75, 3.05) is 11.9 Å². The molecule has 24 heavy (non-hydrogen) atoms. The lowest BCUT2D eigenvalue weighted by Crippen LogP contribution is -2.37. The van der Waals surface area contributed by atoms with E-state index in [1.54, 1.807) is 24.3 Å². The monoisotopic (exact) mass is 328 g/mol. The molecule has 5 heteroatoms. The summed E-state index contributed by atoms with van der Waals surface area (Å²) in [6.45, 7) is 3.72. The molecule has 0 saturated heterocycles. The third-order valence-corrected chi connectivity index (χ3v) is 3.66. The number of nitrogens with one attached hydrogen (secondary N) is 2. The molecule has 4 nitrogen and oxygen atoms in total. The molecular formula is C19H21FN2O2. The second-order valence-corrected chi connectivity index (χ2v) is 5.91. The van der Waals surface area contributed by atoms with Crippen molar-refractivity contribution < 1.29 is 14.0 Å². The highest BCUT2D eigenvalue weighted by Crippen LogP contribution is 2.24. The van der Waals surface area contributed by atoms with Gasteiger partial charge in [0.1, 0.15) is 5.82 Å². The Kier molecular flexibility index (Phi) is 6.07. The molecule has 0 fully saturated rings. The Bertz CT molecular complexity index is 684. The fraction of sp³-hybridized carbons (Fsp3) is 0.263. The summed E-state index contributed by atoms with van der Waals surface area (Å²) >= 11 is 0. The molecule has 2 rings (SSSR count). The van der Waals surface area contributed by atoms with Crippen LogP contribution in [0, 0.1) is 11.7 Å². The quantitative estimate of drug-likeness (QED) is 0.854. The average Bonchev–Trinajstić information content (AvgIpc) is 2.55. The van der Waals surface area contributed by atoms with Crippen LogP contribution in [-0.4, -0.2) is 18.4 Å². The van der Waals surface area contributed by atoms with Gasteiger partial charge in [-0.1, -0.05) is 44.2 Å². The zero-order chi connectivity index (χ0) is 17.5. The largest absolute Gasteiger partial charge is 0.346 e. The first-order chi connectivity index (χ1) is 11.5. The number of carbonyl (C=O) groups excluding carboxylic acids is 2. The van der Waals surface area contributed by atoms with Gasteiger partial charge in [-0.05, 0) is 35.7 Å². The number of benzene rings is 2. The minimum atomic E-state index is -0.435. The highest BCUT2D eigenvalue weighted by atomic mass is 19.1. The SMILES string of the molecule is CC(C)C(C(=O)NCC(=O)Nc1ccccc1)c1ccc(F)cc1. The highest BCUT2D eigenvalue weighted by molar-refractivity contribution is 5.95. The smallest absolute Gasteiger partial charge is 0.243 e. The molecule has 2 N–H and O–H groups in total. The predicted molar refractivity (Wildman–Crippen MR) is 92.1 cm³/mol. The lowest BCUT2D eigenvalue weighted by molar-refractivity contribution is -0.126. The number of amides is 2. The molecule has 1 unspecified atom stereocenters. The van der Waals surface area contributed by atoms with E-state index in [0.29, 0.717) is 5.69 Å². The zero-order valence-corrected chi connectivity index (χ0v) is 13.8. The number of carbonyl (C=O) groups is 2. The molecule has 126 valence electrons. The van der Waals surface area contributed by atoms with Gasteiger partial charge in [-0.2, -0.15) is 0 Å². The fourth-order valence-electron chi connectivity index (χ4n) is 2.51. The molecule has 2 amide bonds. The van der Waals surface area contributed by atoms with Gasteiger partial charge in [0.2, 0.25) is 11.8 Å². The van der Waals surface area contributed by atoms with Crippen LogP contribution >= 0.6 is 0 Å². The van der Waals surface area contributed by atoms with E-state index in [-0.39, 0.29) is 30.1 Å². The van der Waals surface area contributed by atoms with E-state index in [4.69, 9.17) is 0 Å². The molecule has 0 bridgehead atoms. The first-order valence-corrected chi connectivity index (χ1v) is 7.85. The topological polar surface area (TPSA) is 58.2 Å². The number of halogens is 1. The van der Waals surface area contributed by atoms with Gasteiger partial charge in [-0.25, -0.2) is 4.39 Å². The van der Waals surface area contributed by atoms with Crippen molar-refractivity contribution in [3.8, 4) is 0 Å². The summed E-state index contributed by atoms with van der Waals surface area (Å²) in [6.07, 6.45) is 0. The predicted octanol–water partition coefficient (Wildman–Crippen LogP) is 3.32. The molecule has 2 aromatic carbocycles. The summed E-state index contributed by atoms with van der Waals surface area (Å²) in [5.74, 6) is -1.30. The third kappa shape index (κ3) is 4.91. The Morgan fingerprint density at radius 3 is 2.21 bits per heavy atom. The molecule has 0 saturated carbocycles. The lowest BCUT2D eigenvalue weighted by Gasteiger charge is -2.20. The van der Waals surface area contributed by atoms with Crippen LogP contribution in [0.3, 0.4) is 0 Å². The summed E-state index contributed by atoms with van der Waals surface area (Å²) in [7, 11) is 0. The number of para-hydroxylation sites is 1. The standard InChI is InChI=1S/C19H21FN2O2/c1-13(2)18(14-8-10-15(20)11-9-14)19(24)21-12-17(23)22-16-6-4-3-5-7-16/h3-11,13,18H,12H2,1-2H3,(H,21,24)(H,22,23). The second kappa shape index (κ2) is 8.24. The van der Waals surface area contributed by atoms with Crippen LogP contribution in [0.4, 0.5) is 10.1 Å². The Morgan fingerprint density at radius 2 is 1.62 bits per heavy atom. The highest BCUT2D eigenvalue weighted by Gasteiger charge is 2.24. The number of rotatable bonds is 6. The minimum Gasteiger partial charge on any atom is -0.346 e. The molecule has 0 aliphatic heterocycles. The molecule has 0 aliphatic rings. The van der Waals surface area contributed by atoms with Crippen LogP contribution in [0.15, 0.2) is 54.6 Å². The van der Waals surface area contributed by atoms with Gasteiger partial charge in [0.15, 0.2) is 0 Å². The van der Waals surface area contributed by atoms with Gasteiger partial charge >= 0.3 is 0 Å². The van der Waals surface area contributed by atoms with Crippen LogP contribution in [0.5, 0.6) is 0 Å². The maximum Gasteiger partial charge on any atom is 0.243 e. The Morgan fingerprint density at radius 1 is 1.00 bits per heavy atom. The van der Waals surface area contributed by atoms with E-state index in [9.17, 15) is 14.0 Å². The summed E-state index contributed by atoms with van der Waals surface area (Å²) in [5.41, 5.74) is 1.41. The van der Waals surface area contributed by atoms with Crippen LogP contribution < -0.4 is 10.6 Å². The van der Waals surface area contributed by atoms with E-state index in [0.717, 1.165) is 5.56 Å². The van der Waals surface area contributed by atoms with Crippen molar-refractivity contribution in [1.82, 2.24) is 5.32 Å². The summed E-state index contributed by atoms with van der Waals surface area (Å²) < 4.78 is 13.1. The van der Waals surface area contributed by atoms with E-state index in [1.807, 2.05) is 32.0 Å². The van der Waals surface area contributed by atoms with E-state index in [1.165, 1.54) is 12.1 Å². The minimum absolute atomic E-state index is 0.0210. The molecular weight excluding hydrogens is 307 g/mol. The summed E-state index contributed by atoms with van der Waals surface area (Å²) in [4.78, 5) is 24.4. The maximum atomic E-state index is 13.1. The third-order valence-electron chi connectivity index (χ3n) is 3.66. The molecule has 0 aliphatic carbocycles. The molecule has 0 aromatic heterocycles. The van der Waals surface area contributed by atoms with Crippen molar-refractivity contribution in [2.24, 2.45) is 5.92 Å².